The van der Waals surface area contributed by atoms with Crippen molar-refractivity contribution in [3.05, 3.63) is 35.5 Å². The van der Waals surface area contributed by atoms with Crippen LogP contribution < -0.4 is 4.90 Å². The summed E-state index contributed by atoms with van der Waals surface area (Å²) in [6, 6.07) is 7.97. The number of nitrogens with zero attached hydrogens (tertiary/aromatic N) is 4. The summed E-state index contributed by atoms with van der Waals surface area (Å²) in [6.45, 7) is 4.29. The molecule has 25 heavy (non-hydrogen) atoms. The van der Waals surface area contributed by atoms with Gasteiger partial charge < -0.3 is 9.80 Å². The van der Waals surface area contributed by atoms with Crippen LogP contribution >= 0.6 is 11.6 Å². The van der Waals surface area contributed by atoms with Gasteiger partial charge in [0.15, 0.2) is 0 Å². The molecule has 1 unspecified atom stereocenters. The van der Waals surface area contributed by atoms with Crippen molar-refractivity contribution < 1.29 is 4.79 Å². The Morgan fingerprint density at radius 1 is 1.16 bits per heavy atom. The van der Waals surface area contributed by atoms with Gasteiger partial charge in [0, 0.05) is 48.5 Å². The number of carbonyl (C=O) groups excluding carboxylic acids is 1. The quantitative estimate of drug-likeness (QED) is 0.827. The molecule has 2 fully saturated rings. The van der Waals surface area contributed by atoms with Crippen LogP contribution in [0.3, 0.4) is 0 Å². The second-order valence-corrected chi connectivity index (χ2v) is 7.38. The average molecular weight is 359 g/mol. The molecule has 0 aliphatic carbocycles. The van der Waals surface area contributed by atoms with Crippen molar-refractivity contribution in [1.82, 2.24) is 14.8 Å². The number of likely N-dealkylation sites (N-methyl/N-ethyl adjacent to an activating group) is 1. The molecule has 0 spiro atoms. The van der Waals surface area contributed by atoms with Crippen molar-refractivity contribution in [2.75, 3.05) is 44.7 Å². The number of halogens is 1. The van der Waals surface area contributed by atoms with E-state index in [0.717, 1.165) is 56.5 Å². The molecule has 2 saturated heterocycles. The summed E-state index contributed by atoms with van der Waals surface area (Å²) in [4.78, 5) is 23.7. The summed E-state index contributed by atoms with van der Waals surface area (Å²) in [5.74, 6) is 0.297. The lowest BCUT2D eigenvalue weighted by Crippen LogP contribution is -2.53. The fourth-order valence-corrected chi connectivity index (χ4v) is 4.15. The minimum atomic E-state index is 0.0791. The zero-order chi connectivity index (χ0) is 17.4. The largest absolute Gasteiger partial charge is 0.367 e. The number of hydrogen-bond acceptors (Lipinski definition) is 4. The molecule has 0 bridgehead atoms. The van der Waals surface area contributed by atoms with Gasteiger partial charge in [-0.3, -0.25) is 14.7 Å². The molecule has 2 aliphatic heterocycles. The Morgan fingerprint density at radius 2 is 1.96 bits per heavy atom. The highest BCUT2D eigenvalue weighted by Crippen LogP contribution is 2.28. The van der Waals surface area contributed by atoms with Gasteiger partial charge in [-0.05, 0) is 50.7 Å². The first-order valence-corrected chi connectivity index (χ1v) is 9.29. The molecule has 2 aromatic rings. The Kier molecular flexibility index (Phi) is 4.52. The summed E-state index contributed by atoms with van der Waals surface area (Å²) >= 11 is 6.08. The molecule has 1 aromatic carbocycles. The molecule has 0 radical (unpaired) electrons. The molecule has 2 aliphatic rings. The molecule has 3 heterocycles. The fraction of sp³-hybridized carbons (Fsp3) is 0.474. The maximum Gasteiger partial charge on any atom is 0.240 e. The van der Waals surface area contributed by atoms with E-state index >= 15 is 0 Å². The highest BCUT2D eigenvalue weighted by Gasteiger charge is 2.32. The van der Waals surface area contributed by atoms with Gasteiger partial charge in [0.2, 0.25) is 5.91 Å². The van der Waals surface area contributed by atoms with E-state index in [9.17, 15) is 4.79 Å². The maximum absolute atomic E-state index is 12.7. The highest BCUT2D eigenvalue weighted by molar-refractivity contribution is 6.31. The van der Waals surface area contributed by atoms with Crippen LogP contribution in [0.25, 0.3) is 10.9 Å². The lowest BCUT2D eigenvalue weighted by molar-refractivity contribution is -0.135. The minimum Gasteiger partial charge on any atom is -0.367 e. The van der Waals surface area contributed by atoms with Crippen molar-refractivity contribution in [1.29, 1.82) is 0 Å². The fourth-order valence-electron chi connectivity index (χ4n) is 3.98. The van der Waals surface area contributed by atoms with E-state index in [1.165, 1.54) is 5.69 Å². The number of aromatic nitrogens is 1. The number of hydrogen-bond donors (Lipinski definition) is 0. The van der Waals surface area contributed by atoms with E-state index in [2.05, 4.69) is 27.9 Å². The van der Waals surface area contributed by atoms with Crippen LogP contribution in [0.2, 0.25) is 5.02 Å². The predicted molar refractivity (Wildman–Crippen MR) is 101 cm³/mol. The summed E-state index contributed by atoms with van der Waals surface area (Å²) in [5.41, 5.74) is 2.09. The molecule has 1 atom stereocenters. The van der Waals surface area contributed by atoms with Gasteiger partial charge in [-0.1, -0.05) is 11.6 Å². The van der Waals surface area contributed by atoms with Gasteiger partial charge >= 0.3 is 0 Å². The standard InChI is InChI=1S/C19H23ClN4O/c1-22-8-2-3-18(22)19(25)24-11-9-23(10-12-24)17-6-7-21-16-13-14(20)4-5-15(16)17/h4-7,13,18H,2-3,8-12H2,1H3. The van der Waals surface area contributed by atoms with Crippen molar-refractivity contribution in [2.45, 2.75) is 18.9 Å². The number of fused-ring (bicyclic) bond motifs is 1. The molecule has 0 saturated carbocycles. The first-order valence-electron chi connectivity index (χ1n) is 8.92. The van der Waals surface area contributed by atoms with Gasteiger partial charge in [-0.15, -0.1) is 0 Å². The lowest BCUT2D eigenvalue weighted by Gasteiger charge is -2.38. The SMILES string of the molecule is CN1CCCC1C(=O)N1CCN(c2ccnc3cc(Cl)ccc23)CC1. The van der Waals surface area contributed by atoms with Gasteiger partial charge in [-0.2, -0.15) is 0 Å². The van der Waals surface area contributed by atoms with Crippen LogP contribution in [0.15, 0.2) is 30.5 Å². The Hall–Kier alpha value is -1.85. The van der Waals surface area contributed by atoms with Gasteiger partial charge in [0.1, 0.15) is 0 Å². The zero-order valence-electron chi connectivity index (χ0n) is 14.5. The smallest absolute Gasteiger partial charge is 0.240 e. The van der Waals surface area contributed by atoms with Crippen LogP contribution in [-0.2, 0) is 4.79 Å². The van der Waals surface area contributed by atoms with Crippen LogP contribution in [0, 0.1) is 0 Å². The number of amides is 1. The Balaban J connectivity index is 1.48. The third-order valence-electron chi connectivity index (χ3n) is 5.42. The summed E-state index contributed by atoms with van der Waals surface area (Å²) in [5, 5.41) is 1.82. The van der Waals surface area contributed by atoms with Crippen LogP contribution in [0.5, 0.6) is 0 Å². The Bertz CT molecular complexity index is 788. The average Bonchev–Trinajstić information content (AvgIpc) is 3.06. The first-order chi connectivity index (χ1) is 12.1. The summed E-state index contributed by atoms with van der Waals surface area (Å²) in [6.07, 6.45) is 3.95. The second kappa shape index (κ2) is 6.81. The topological polar surface area (TPSA) is 39.7 Å². The van der Waals surface area contributed by atoms with Crippen LogP contribution in [0.1, 0.15) is 12.8 Å². The summed E-state index contributed by atoms with van der Waals surface area (Å²) < 4.78 is 0. The zero-order valence-corrected chi connectivity index (χ0v) is 15.2. The Morgan fingerprint density at radius 3 is 2.68 bits per heavy atom. The van der Waals surface area contributed by atoms with Crippen molar-refractivity contribution in [3.63, 3.8) is 0 Å². The van der Waals surface area contributed by atoms with Gasteiger partial charge in [0.25, 0.3) is 0 Å². The predicted octanol–water partition coefficient (Wildman–Crippen LogP) is 2.63. The minimum absolute atomic E-state index is 0.0791. The maximum atomic E-state index is 12.7. The van der Waals surface area contributed by atoms with E-state index in [-0.39, 0.29) is 6.04 Å². The van der Waals surface area contributed by atoms with Crippen molar-refractivity contribution >= 4 is 34.1 Å². The molecule has 132 valence electrons. The number of piperazine rings is 1. The molecule has 6 heteroatoms. The molecule has 4 rings (SSSR count). The van der Waals surface area contributed by atoms with Crippen LogP contribution in [0.4, 0.5) is 5.69 Å². The Labute approximate surface area is 153 Å². The van der Waals surface area contributed by atoms with Gasteiger partial charge in [-0.25, -0.2) is 0 Å². The third-order valence-corrected chi connectivity index (χ3v) is 5.65. The number of pyridine rings is 1. The molecular weight excluding hydrogens is 336 g/mol. The number of benzene rings is 1. The van der Waals surface area contributed by atoms with E-state index in [0.29, 0.717) is 10.9 Å². The number of carbonyl (C=O) groups is 1. The first kappa shape index (κ1) is 16.6. The van der Waals surface area contributed by atoms with Crippen LogP contribution in [-0.4, -0.2) is 66.5 Å². The highest BCUT2D eigenvalue weighted by atomic mass is 35.5. The van der Waals surface area contributed by atoms with E-state index in [1.54, 1.807) is 0 Å². The molecule has 1 aromatic heterocycles. The molecule has 0 N–H and O–H groups in total. The number of likely N-dealkylation sites (tertiary alicyclic amines) is 1. The molecule has 1 amide bonds. The molecular formula is C19H23ClN4O. The second-order valence-electron chi connectivity index (χ2n) is 6.94. The number of anilines is 1. The molecule has 5 nitrogen and oxygen atoms in total. The van der Waals surface area contributed by atoms with E-state index in [1.807, 2.05) is 29.3 Å². The van der Waals surface area contributed by atoms with E-state index < -0.39 is 0 Å². The lowest BCUT2D eigenvalue weighted by atomic mass is 10.1. The van der Waals surface area contributed by atoms with Crippen molar-refractivity contribution in [2.24, 2.45) is 0 Å². The van der Waals surface area contributed by atoms with Crippen molar-refractivity contribution in [3.8, 4) is 0 Å². The third kappa shape index (κ3) is 3.18. The summed E-state index contributed by atoms with van der Waals surface area (Å²) in [7, 11) is 2.06. The number of rotatable bonds is 2. The monoisotopic (exact) mass is 358 g/mol. The normalized spacial score (nSPS) is 21.9. The van der Waals surface area contributed by atoms with Gasteiger partial charge in [0.05, 0.1) is 11.6 Å². The van der Waals surface area contributed by atoms with E-state index in [4.69, 9.17) is 11.6 Å².